The first-order valence-electron chi connectivity index (χ1n) is 7.77. The van der Waals surface area contributed by atoms with Crippen LogP contribution in [0.2, 0.25) is 5.02 Å². The number of nitrogens with zero attached hydrogens (tertiary/aromatic N) is 2. The van der Waals surface area contributed by atoms with Gasteiger partial charge in [0, 0.05) is 18.7 Å². The molecule has 1 aliphatic rings. The summed E-state index contributed by atoms with van der Waals surface area (Å²) in [5, 5.41) is 10.4. The Hall–Kier alpha value is -2.12. The molecule has 2 aromatic rings. The van der Waals surface area contributed by atoms with E-state index in [4.69, 9.17) is 17.3 Å². The molecule has 1 aliphatic heterocycles. The number of nitrogen functional groups attached to an aromatic ring is 1. The second-order valence-electron chi connectivity index (χ2n) is 5.88. The Morgan fingerprint density at radius 1 is 1.46 bits per heavy atom. The lowest BCUT2D eigenvalue weighted by Crippen LogP contribution is -2.28. The topological polar surface area (TPSA) is 85.0 Å². The lowest BCUT2D eigenvalue weighted by Gasteiger charge is -2.21. The maximum atomic E-state index is 13.2. The number of carbonyl (C=O) groups excluding carboxylic acids is 1. The third kappa shape index (κ3) is 3.22. The highest BCUT2D eigenvalue weighted by atomic mass is 35.5. The molecular weight excluding hydrogens is 333 g/mol. The zero-order valence-corrected chi connectivity index (χ0v) is 14.0. The van der Waals surface area contributed by atoms with Crippen LogP contribution in [0.3, 0.4) is 0 Å². The molecule has 0 unspecified atom stereocenters. The van der Waals surface area contributed by atoms with Gasteiger partial charge in [0.2, 0.25) is 0 Å². The largest absolute Gasteiger partial charge is 0.383 e. The molecule has 0 radical (unpaired) electrons. The van der Waals surface area contributed by atoms with Crippen LogP contribution in [0.4, 0.5) is 15.9 Å². The number of hydrogen-bond acceptors (Lipinski definition) is 4. The number of halogens is 2. The predicted octanol–water partition coefficient (Wildman–Crippen LogP) is 2.51. The number of benzene rings is 1. The molecule has 1 saturated heterocycles. The smallest absolute Gasteiger partial charge is 0.261 e. The Morgan fingerprint density at radius 3 is 2.83 bits per heavy atom. The van der Waals surface area contributed by atoms with Gasteiger partial charge in [-0.1, -0.05) is 11.6 Å². The fourth-order valence-corrected chi connectivity index (χ4v) is 3.12. The number of nitrogens with one attached hydrogen (secondary N) is 2. The van der Waals surface area contributed by atoms with E-state index < -0.39 is 5.82 Å². The van der Waals surface area contributed by atoms with Crippen LogP contribution < -0.4 is 16.4 Å². The highest BCUT2D eigenvalue weighted by molar-refractivity contribution is 6.31. The maximum Gasteiger partial charge on any atom is 0.261 e. The van der Waals surface area contributed by atoms with E-state index in [1.807, 2.05) is 0 Å². The zero-order valence-electron chi connectivity index (χ0n) is 13.3. The monoisotopic (exact) mass is 351 g/mol. The average Bonchev–Trinajstić information content (AvgIpc) is 2.87. The first-order valence-corrected chi connectivity index (χ1v) is 8.14. The highest BCUT2D eigenvalue weighted by Crippen LogP contribution is 2.30. The van der Waals surface area contributed by atoms with Crippen LogP contribution in [0.25, 0.3) is 0 Å². The van der Waals surface area contributed by atoms with Crippen LogP contribution in [-0.4, -0.2) is 28.8 Å². The standard InChI is InChI=1S/C16H19ClFN5O/c1-23-15(19)13(14(22-23)9-4-6-20-7-5-9)16(24)21-10-2-3-12(18)11(17)8-10/h2-3,8-9,20H,4-7,19H2,1H3,(H,21,24). The minimum atomic E-state index is -0.536. The molecule has 128 valence electrons. The molecule has 1 aromatic heterocycles. The molecule has 6 nitrogen and oxygen atoms in total. The molecular formula is C16H19ClFN5O. The number of amides is 1. The summed E-state index contributed by atoms with van der Waals surface area (Å²) in [6.45, 7) is 1.77. The Bertz CT molecular complexity index is 770. The maximum absolute atomic E-state index is 13.2. The zero-order chi connectivity index (χ0) is 17.3. The third-order valence-electron chi connectivity index (χ3n) is 4.25. The van der Waals surface area contributed by atoms with E-state index in [0.29, 0.717) is 22.8 Å². The summed E-state index contributed by atoms with van der Waals surface area (Å²) in [5.41, 5.74) is 7.55. The average molecular weight is 352 g/mol. The van der Waals surface area contributed by atoms with Gasteiger partial charge in [-0.15, -0.1) is 0 Å². The van der Waals surface area contributed by atoms with Crippen molar-refractivity contribution in [3.05, 3.63) is 40.3 Å². The summed E-state index contributed by atoms with van der Waals surface area (Å²) in [5.74, 6) is -0.399. The molecule has 2 heterocycles. The third-order valence-corrected chi connectivity index (χ3v) is 4.54. The lowest BCUT2D eigenvalue weighted by molar-refractivity contribution is 0.102. The fraction of sp³-hybridized carbons (Fsp3) is 0.375. The Kier molecular flexibility index (Phi) is 4.73. The van der Waals surface area contributed by atoms with Gasteiger partial charge in [-0.25, -0.2) is 4.39 Å². The number of hydrogen-bond donors (Lipinski definition) is 3. The minimum absolute atomic E-state index is 0.0504. The Balaban J connectivity index is 1.89. The van der Waals surface area contributed by atoms with Crippen LogP contribution in [0.5, 0.6) is 0 Å². The van der Waals surface area contributed by atoms with Crippen LogP contribution in [0.15, 0.2) is 18.2 Å². The van der Waals surface area contributed by atoms with Crippen molar-refractivity contribution < 1.29 is 9.18 Å². The summed E-state index contributed by atoms with van der Waals surface area (Å²) in [4.78, 5) is 12.7. The minimum Gasteiger partial charge on any atom is -0.383 e. The first-order chi connectivity index (χ1) is 11.5. The molecule has 0 bridgehead atoms. The van der Waals surface area contributed by atoms with Gasteiger partial charge in [0.15, 0.2) is 0 Å². The SMILES string of the molecule is Cn1nc(C2CCNCC2)c(C(=O)Nc2ccc(F)c(Cl)c2)c1N. The number of rotatable bonds is 3. The van der Waals surface area contributed by atoms with Crippen LogP contribution in [0, 0.1) is 5.82 Å². The van der Waals surface area contributed by atoms with E-state index in [0.717, 1.165) is 25.9 Å². The van der Waals surface area contributed by atoms with Gasteiger partial charge in [-0.05, 0) is 44.1 Å². The van der Waals surface area contributed by atoms with E-state index in [1.165, 1.54) is 22.9 Å². The fourth-order valence-electron chi connectivity index (χ4n) is 2.94. The molecule has 0 spiro atoms. The molecule has 1 amide bonds. The summed E-state index contributed by atoms with van der Waals surface area (Å²) in [6, 6.07) is 4.03. The Morgan fingerprint density at radius 2 is 2.17 bits per heavy atom. The lowest BCUT2D eigenvalue weighted by atomic mass is 9.92. The number of piperidine rings is 1. The molecule has 1 fully saturated rings. The van der Waals surface area contributed by atoms with Gasteiger partial charge >= 0.3 is 0 Å². The summed E-state index contributed by atoms with van der Waals surface area (Å²) < 4.78 is 14.8. The van der Waals surface area contributed by atoms with Crippen LogP contribution in [0.1, 0.15) is 34.8 Å². The van der Waals surface area contributed by atoms with Crippen molar-refractivity contribution in [1.82, 2.24) is 15.1 Å². The van der Waals surface area contributed by atoms with Gasteiger partial charge in [0.05, 0.1) is 10.7 Å². The van der Waals surface area contributed by atoms with Crippen molar-refractivity contribution in [2.24, 2.45) is 7.05 Å². The number of aryl methyl sites for hydroxylation is 1. The van der Waals surface area contributed by atoms with Gasteiger partial charge in [0.1, 0.15) is 17.2 Å². The number of aromatic nitrogens is 2. The van der Waals surface area contributed by atoms with Crippen molar-refractivity contribution in [2.45, 2.75) is 18.8 Å². The van der Waals surface area contributed by atoms with Crippen molar-refractivity contribution in [3.8, 4) is 0 Å². The second kappa shape index (κ2) is 6.78. The number of anilines is 2. The Labute approximate surface area is 144 Å². The second-order valence-corrected chi connectivity index (χ2v) is 6.28. The predicted molar refractivity (Wildman–Crippen MR) is 91.8 cm³/mol. The van der Waals surface area contributed by atoms with Gasteiger partial charge in [-0.2, -0.15) is 5.10 Å². The quantitative estimate of drug-likeness (QED) is 0.793. The van der Waals surface area contributed by atoms with Crippen molar-refractivity contribution >= 4 is 29.0 Å². The van der Waals surface area contributed by atoms with Gasteiger partial charge in [0.25, 0.3) is 5.91 Å². The molecule has 24 heavy (non-hydrogen) atoms. The van der Waals surface area contributed by atoms with E-state index in [-0.39, 0.29) is 16.8 Å². The molecule has 3 rings (SSSR count). The molecule has 0 aliphatic carbocycles. The first kappa shape index (κ1) is 16.7. The molecule has 0 saturated carbocycles. The van der Waals surface area contributed by atoms with Crippen molar-refractivity contribution in [1.29, 1.82) is 0 Å². The number of carbonyl (C=O) groups is 1. The van der Waals surface area contributed by atoms with E-state index in [9.17, 15) is 9.18 Å². The highest BCUT2D eigenvalue weighted by Gasteiger charge is 2.28. The van der Waals surface area contributed by atoms with Crippen molar-refractivity contribution in [2.75, 3.05) is 24.1 Å². The summed E-state index contributed by atoms with van der Waals surface area (Å²) in [6.07, 6.45) is 1.80. The van der Waals surface area contributed by atoms with E-state index in [1.54, 1.807) is 7.05 Å². The van der Waals surface area contributed by atoms with Crippen LogP contribution >= 0.6 is 11.6 Å². The van der Waals surface area contributed by atoms with Gasteiger partial charge in [-0.3, -0.25) is 9.48 Å². The number of nitrogens with two attached hydrogens (primary N) is 1. The molecule has 4 N–H and O–H groups in total. The molecule has 8 heteroatoms. The van der Waals surface area contributed by atoms with Crippen molar-refractivity contribution in [3.63, 3.8) is 0 Å². The summed E-state index contributed by atoms with van der Waals surface area (Å²) >= 11 is 5.76. The molecule has 1 aromatic carbocycles. The summed E-state index contributed by atoms with van der Waals surface area (Å²) in [7, 11) is 1.71. The normalized spacial score (nSPS) is 15.5. The van der Waals surface area contributed by atoms with Gasteiger partial charge < -0.3 is 16.4 Å². The van der Waals surface area contributed by atoms with E-state index >= 15 is 0 Å². The van der Waals surface area contributed by atoms with E-state index in [2.05, 4.69) is 15.7 Å². The van der Waals surface area contributed by atoms with Crippen LogP contribution in [-0.2, 0) is 7.05 Å². The molecule has 0 atom stereocenters.